The van der Waals surface area contributed by atoms with E-state index in [2.05, 4.69) is 23.0 Å². The number of aryl methyl sites for hydroxylation is 1. The second kappa shape index (κ2) is 6.54. The maximum absolute atomic E-state index is 10.2. The highest BCUT2D eigenvalue weighted by Gasteiger charge is 2.16. The normalized spacial score (nSPS) is 12.2. The van der Waals surface area contributed by atoms with Crippen LogP contribution in [0.2, 0.25) is 0 Å². The zero-order chi connectivity index (χ0) is 13.7. The molecule has 0 aliphatic rings. The quantitative estimate of drug-likeness (QED) is 0.851. The molecule has 0 aliphatic carbocycles. The van der Waals surface area contributed by atoms with Crippen molar-refractivity contribution in [1.29, 1.82) is 0 Å². The van der Waals surface area contributed by atoms with E-state index in [0.29, 0.717) is 17.3 Å². The Morgan fingerprint density at radius 3 is 2.74 bits per heavy atom. The molecule has 1 atom stereocenters. The fraction of sp³-hybridized carbons (Fsp3) is 0.286. The van der Waals surface area contributed by atoms with Crippen LogP contribution in [0.3, 0.4) is 0 Å². The van der Waals surface area contributed by atoms with E-state index < -0.39 is 6.10 Å². The van der Waals surface area contributed by atoms with Gasteiger partial charge in [-0.2, -0.15) is 0 Å². The monoisotopic (exact) mass is 276 g/mol. The summed E-state index contributed by atoms with van der Waals surface area (Å²) in [5.41, 5.74) is 1.68. The lowest BCUT2D eigenvalue weighted by Gasteiger charge is -2.12. The lowest BCUT2D eigenvalue weighted by Crippen LogP contribution is -2.07. The number of methoxy groups -OCH3 is 1. The largest absolute Gasteiger partial charge is 0.480 e. The third-order valence-corrected chi connectivity index (χ3v) is 3.94. The standard InChI is InChI=1S/C14H16N2O2S/c1-10-5-3-4-6-12(10)19-9-11(17)13-14(18-2)16-8-7-15-13/h3-8,11,17H,9H2,1-2H3. The van der Waals surface area contributed by atoms with Crippen LogP contribution >= 0.6 is 11.8 Å². The molecule has 4 nitrogen and oxygen atoms in total. The summed E-state index contributed by atoms with van der Waals surface area (Å²) in [6.07, 6.45) is 2.40. The van der Waals surface area contributed by atoms with Crippen molar-refractivity contribution in [3.8, 4) is 5.88 Å². The molecule has 0 radical (unpaired) electrons. The first-order chi connectivity index (χ1) is 9.22. The minimum absolute atomic E-state index is 0.375. The Balaban J connectivity index is 2.05. The van der Waals surface area contributed by atoms with Gasteiger partial charge in [-0.05, 0) is 18.6 Å². The van der Waals surface area contributed by atoms with Gasteiger partial charge in [-0.25, -0.2) is 4.98 Å². The number of ether oxygens (including phenoxy) is 1. The first-order valence-corrected chi connectivity index (χ1v) is 6.92. The minimum Gasteiger partial charge on any atom is -0.480 e. The third-order valence-electron chi connectivity index (χ3n) is 2.69. The van der Waals surface area contributed by atoms with E-state index in [0.717, 1.165) is 4.90 Å². The number of aliphatic hydroxyl groups is 1. The van der Waals surface area contributed by atoms with Crippen molar-refractivity contribution < 1.29 is 9.84 Å². The topological polar surface area (TPSA) is 55.2 Å². The molecule has 0 bridgehead atoms. The lowest BCUT2D eigenvalue weighted by molar-refractivity contribution is 0.192. The molecular weight excluding hydrogens is 260 g/mol. The summed E-state index contributed by atoms with van der Waals surface area (Å²) >= 11 is 1.60. The number of aliphatic hydroxyl groups excluding tert-OH is 1. The van der Waals surface area contributed by atoms with Crippen LogP contribution in [0.25, 0.3) is 0 Å². The van der Waals surface area contributed by atoms with Crippen LogP contribution in [0.15, 0.2) is 41.6 Å². The van der Waals surface area contributed by atoms with Crippen LogP contribution < -0.4 is 4.74 Å². The molecule has 2 aromatic rings. The van der Waals surface area contributed by atoms with Crippen molar-refractivity contribution in [1.82, 2.24) is 9.97 Å². The lowest BCUT2D eigenvalue weighted by atomic mass is 10.2. The van der Waals surface area contributed by atoms with Gasteiger partial charge >= 0.3 is 0 Å². The summed E-state index contributed by atoms with van der Waals surface area (Å²) in [6.45, 7) is 2.05. The predicted octanol–water partition coefficient (Wildman–Crippen LogP) is 2.62. The average Bonchev–Trinajstić information content (AvgIpc) is 2.46. The number of hydrogen-bond donors (Lipinski definition) is 1. The number of thioether (sulfide) groups is 1. The number of aromatic nitrogens is 2. The smallest absolute Gasteiger partial charge is 0.238 e. The molecule has 0 aliphatic heterocycles. The fourth-order valence-electron chi connectivity index (χ4n) is 1.69. The zero-order valence-electron chi connectivity index (χ0n) is 10.9. The summed E-state index contributed by atoms with van der Waals surface area (Å²) in [5.74, 6) is 0.889. The van der Waals surface area contributed by atoms with Gasteiger partial charge in [-0.15, -0.1) is 11.8 Å². The molecule has 0 amide bonds. The number of hydrogen-bond acceptors (Lipinski definition) is 5. The van der Waals surface area contributed by atoms with Crippen LogP contribution in [0, 0.1) is 6.92 Å². The summed E-state index contributed by atoms with van der Waals surface area (Å²) in [5, 5.41) is 10.2. The number of nitrogens with zero attached hydrogens (tertiary/aromatic N) is 2. The molecule has 19 heavy (non-hydrogen) atoms. The van der Waals surface area contributed by atoms with E-state index >= 15 is 0 Å². The van der Waals surface area contributed by atoms with E-state index in [1.807, 2.05) is 18.2 Å². The van der Waals surface area contributed by atoms with Gasteiger partial charge in [0, 0.05) is 23.0 Å². The van der Waals surface area contributed by atoms with E-state index in [-0.39, 0.29) is 0 Å². The Kier molecular flexibility index (Phi) is 4.76. The summed E-state index contributed by atoms with van der Waals surface area (Å²) in [6, 6.07) is 8.09. The van der Waals surface area contributed by atoms with Crippen molar-refractivity contribution in [3.63, 3.8) is 0 Å². The van der Waals surface area contributed by atoms with Gasteiger partial charge in [0.1, 0.15) is 11.8 Å². The summed E-state index contributed by atoms with van der Waals surface area (Å²) in [7, 11) is 1.52. The van der Waals surface area contributed by atoms with Gasteiger partial charge in [0.2, 0.25) is 5.88 Å². The maximum atomic E-state index is 10.2. The molecule has 1 N–H and O–H groups in total. The minimum atomic E-state index is -0.701. The average molecular weight is 276 g/mol. The predicted molar refractivity (Wildman–Crippen MR) is 75.4 cm³/mol. The third kappa shape index (κ3) is 3.45. The number of rotatable bonds is 5. The van der Waals surface area contributed by atoms with Crippen LogP contribution in [0.5, 0.6) is 5.88 Å². The molecule has 0 spiro atoms. The van der Waals surface area contributed by atoms with Crippen molar-refractivity contribution in [2.45, 2.75) is 17.9 Å². The molecular formula is C14H16N2O2S. The highest BCUT2D eigenvalue weighted by Crippen LogP contribution is 2.28. The Labute approximate surface area is 116 Å². The van der Waals surface area contributed by atoms with Gasteiger partial charge in [0.05, 0.1) is 7.11 Å². The van der Waals surface area contributed by atoms with Crippen LogP contribution in [0.4, 0.5) is 0 Å². The summed E-state index contributed by atoms with van der Waals surface area (Å²) < 4.78 is 5.10. The number of benzene rings is 1. The van der Waals surface area contributed by atoms with Gasteiger partial charge < -0.3 is 9.84 Å². The molecule has 1 heterocycles. The van der Waals surface area contributed by atoms with Crippen molar-refractivity contribution in [3.05, 3.63) is 47.9 Å². The first kappa shape index (κ1) is 13.8. The van der Waals surface area contributed by atoms with E-state index in [1.165, 1.54) is 12.7 Å². The van der Waals surface area contributed by atoms with Crippen LogP contribution in [-0.4, -0.2) is 27.9 Å². The Bertz CT molecular complexity index is 548. The molecule has 5 heteroatoms. The molecule has 100 valence electrons. The van der Waals surface area contributed by atoms with E-state index in [1.54, 1.807) is 24.2 Å². The zero-order valence-corrected chi connectivity index (χ0v) is 11.7. The second-order valence-corrected chi connectivity index (χ2v) is 5.10. The Morgan fingerprint density at radius 2 is 2.00 bits per heavy atom. The molecule has 1 unspecified atom stereocenters. The van der Waals surface area contributed by atoms with Gasteiger partial charge in [0.15, 0.2) is 0 Å². The highest BCUT2D eigenvalue weighted by molar-refractivity contribution is 7.99. The fourth-order valence-corrected chi connectivity index (χ4v) is 2.65. The Morgan fingerprint density at radius 1 is 1.26 bits per heavy atom. The molecule has 1 aromatic heterocycles. The molecule has 2 rings (SSSR count). The highest BCUT2D eigenvalue weighted by atomic mass is 32.2. The van der Waals surface area contributed by atoms with Crippen molar-refractivity contribution in [2.24, 2.45) is 0 Å². The maximum Gasteiger partial charge on any atom is 0.238 e. The van der Waals surface area contributed by atoms with Crippen LogP contribution in [-0.2, 0) is 0 Å². The molecule has 1 aromatic carbocycles. The van der Waals surface area contributed by atoms with Crippen molar-refractivity contribution in [2.75, 3.05) is 12.9 Å². The van der Waals surface area contributed by atoms with Gasteiger partial charge in [-0.1, -0.05) is 18.2 Å². The van der Waals surface area contributed by atoms with Gasteiger partial charge in [-0.3, -0.25) is 4.98 Å². The van der Waals surface area contributed by atoms with Crippen molar-refractivity contribution >= 4 is 11.8 Å². The molecule has 0 saturated carbocycles. The van der Waals surface area contributed by atoms with Crippen LogP contribution in [0.1, 0.15) is 17.4 Å². The molecule has 0 saturated heterocycles. The molecule has 0 fully saturated rings. The van der Waals surface area contributed by atoms with E-state index in [9.17, 15) is 5.11 Å². The Hall–Kier alpha value is -1.59. The first-order valence-electron chi connectivity index (χ1n) is 5.93. The summed E-state index contributed by atoms with van der Waals surface area (Å²) in [4.78, 5) is 9.33. The van der Waals surface area contributed by atoms with E-state index in [4.69, 9.17) is 4.74 Å². The SMILES string of the molecule is COc1nccnc1C(O)CSc1ccccc1C. The van der Waals surface area contributed by atoms with Gasteiger partial charge in [0.25, 0.3) is 0 Å². The second-order valence-electron chi connectivity index (χ2n) is 4.04.